The summed E-state index contributed by atoms with van der Waals surface area (Å²) in [5.74, 6) is 0.961. The van der Waals surface area contributed by atoms with Crippen LogP contribution in [-0.2, 0) is 0 Å². The van der Waals surface area contributed by atoms with Crippen LogP contribution in [0.3, 0.4) is 0 Å². The molecule has 4 heteroatoms. The monoisotopic (exact) mass is 317 g/mol. The maximum atomic E-state index is 11.3. The largest absolute Gasteiger partial charge is 0.303 e. The van der Waals surface area contributed by atoms with Gasteiger partial charge in [0.05, 0.1) is 5.69 Å². The smallest absolute Gasteiger partial charge is 0.159 e. The molecule has 0 saturated heterocycles. The summed E-state index contributed by atoms with van der Waals surface area (Å²) in [6.45, 7) is 5.67. The van der Waals surface area contributed by atoms with Crippen molar-refractivity contribution in [3.8, 4) is 5.82 Å². The lowest BCUT2D eigenvalue weighted by molar-refractivity contribution is 0.101. The molecule has 1 aromatic carbocycles. The average Bonchev–Trinajstić information content (AvgIpc) is 2.88. The lowest BCUT2D eigenvalue weighted by atomic mass is 10.1. The zero-order chi connectivity index (χ0) is 17.1. The van der Waals surface area contributed by atoms with E-state index in [1.807, 2.05) is 36.5 Å². The number of Topliss-reactive ketones (excluding diaryl/α,β-unsaturated/α-hetero) is 1. The Morgan fingerprint density at radius 1 is 1.12 bits per heavy atom. The standard InChI is InChI=1S/C20H19N3O/c1-14-12-18(15(2)23(14)20-6-4-5-11-21-20)13-22-19-9-7-17(8-10-19)16(3)24/h4-13H,1-3H3. The van der Waals surface area contributed by atoms with Gasteiger partial charge in [0.25, 0.3) is 0 Å². The summed E-state index contributed by atoms with van der Waals surface area (Å²) in [6, 6.07) is 15.3. The van der Waals surface area contributed by atoms with E-state index < -0.39 is 0 Å². The van der Waals surface area contributed by atoms with E-state index >= 15 is 0 Å². The number of hydrogen-bond donors (Lipinski definition) is 0. The molecule has 2 aromatic heterocycles. The fraction of sp³-hybridized carbons (Fsp3) is 0.150. The second kappa shape index (κ2) is 6.62. The number of aliphatic imine (C=N–C) groups is 1. The van der Waals surface area contributed by atoms with Gasteiger partial charge in [-0.15, -0.1) is 0 Å². The van der Waals surface area contributed by atoms with E-state index in [4.69, 9.17) is 0 Å². The molecule has 0 fully saturated rings. The lowest BCUT2D eigenvalue weighted by Crippen LogP contribution is -2.01. The van der Waals surface area contributed by atoms with E-state index in [9.17, 15) is 4.79 Å². The van der Waals surface area contributed by atoms with Crippen LogP contribution in [0.5, 0.6) is 0 Å². The van der Waals surface area contributed by atoms with Crippen LogP contribution >= 0.6 is 0 Å². The van der Waals surface area contributed by atoms with Gasteiger partial charge in [-0.3, -0.25) is 9.79 Å². The highest BCUT2D eigenvalue weighted by atomic mass is 16.1. The molecular formula is C20H19N3O. The minimum Gasteiger partial charge on any atom is -0.303 e. The number of hydrogen-bond acceptors (Lipinski definition) is 3. The number of aryl methyl sites for hydroxylation is 1. The Kier molecular flexibility index (Phi) is 4.38. The van der Waals surface area contributed by atoms with E-state index in [1.54, 1.807) is 25.3 Å². The summed E-state index contributed by atoms with van der Waals surface area (Å²) in [5, 5.41) is 0. The molecule has 0 spiro atoms. The van der Waals surface area contributed by atoms with Crippen molar-refractivity contribution in [3.63, 3.8) is 0 Å². The third kappa shape index (κ3) is 3.18. The predicted molar refractivity (Wildman–Crippen MR) is 96.7 cm³/mol. The second-order valence-electron chi connectivity index (χ2n) is 5.71. The first-order chi connectivity index (χ1) is 11.6. The van der Waals surface area contributed by atoms with E-state index in [1.165, 1.54) is 0 Å². The first-order valence-corrected chi connectivity index (χ1v) is 7.81. The van der Waals surface area contributed by atoms with Crippen LogP contribution < -0.4 is 0 Å². The molecule has 2 heterocycles. The highest BCUT2D eigenvalue weighted by Gasteiger charge is 2.09. The number of rotatable bonds is 4. The van der Waals surface area contributed by atoms with Gasteiger partial charge in [-0.25, -0.2) is 4.98 Å². The molecule has 0 radical (unpaired) electrons. The van der Waals surface area contributed by atoms with Crippen molar-refractivity contribution >= 4 is 17.7 Å². The summed E-state index contributed by atoms with van der Waals surface area (Å²) in [6.07, 6.45) is 3.64. The van der Waals surface area contributed by atoms with Crippen molar-refractivity contribution in [3.05, 3.63) is 77.2 Å². The number of pyridine rings is 1. The molecular weight excluding hydrogens is 298 g/mol. The zero-order valence-corrected chi connectivity index (χ0v) is 14.0. The molecule has 0 amide bonds. The zero-order valence-electron chi connectivity index (χ0n) is 14.0. The highest BCUT2D eigenvalue weighted by molar-refractivity contribution is 5.94. The Morgan fingerprint density at radius 3 is 2.50 bits per heavy atom. The first-order valence-electron chi connectivity index (χ1n) is 7.81. The topological polar surface area (TPSA) is 47.2 Å². The van der Waals surface area contributed by atoms with Crippen molar-refractivity contribution in [1.82, 2.24) is 9.55 Å². The molecule has 0 aliphatic heterocycles. The fourth-order valence-electron chi connectivity index (χ4n) is 2.68. The molecule has 0 N–H and O–H groups in total. The molecule has 4 nitrogen and oxygen atoms in total. The second-order valence-corrected chi connectivity index (χ2v) is 5.71. The summed E-state index contributed by atoms with van der Waals surface area (Å²) < 4.78 is 2.11. The summed E-state index contributed by atoms with van der Waals surface area (Å²) in [5.41, 5.74) is 4.77. The Balaban J connectivity index is 1.89. The van der Waals surface area contributed by atoms with Gasteiger partial charge < -0.3 is 4.57 Å². The normalized spacial score (nSPS) is 11.1. The lowest BCUT2D eigenvalue weighted by Gasteiger charge is -2.07. The van der Waals surface area contributed by atoms with Gasteiger partial charge in [-0.05, 0) is 63.2 Å². The van der Waals surface area contributed by atoms with Crippen LogP contribution in [0.2, 0.25) is 0 Å². The van der Waals surface area contributed by atoms with E-state index in [0.29, 0.717) is 5.56 Å². The molecule has 3 rings (SSSR count). The van der Waals surface area contributed by atoms with Gasteiger partial charge >= 0.3 is 0 Å². The van der Waals surface area contributed by atoms with Gasteiger partial charge in [0.1, 0.15) is 5.82 Å². The fourth-order valence-corrected chi connectivity index (χ4v) is 2.68. The molecule has 0 bridgehead atoms. The third-order valence-electron chi connectivity index (χ3n) is 3.98. The number of aromatic nitrogens is 2. The quantitative estimate of drug-likeness (QED) is 0.527. The van der Waals surface area contributed by atoms with E-state index in [0.717, 1.165) is 28.5 Å². The molecule has 120 valence electrons. The predicted octanol–water partition coefficient (Wildman–Crippen LogP) is 4.44. The van der Waals surface area contributed by atoms with Crippen molar-refractivity contribution in [2.24, 2.45) is 4.99 Å². The van der Waals surface area contributed by atoms with Crippen LogP contribution in [-0.4, -0.2) is 21.5 Å². The average molecular weight is 317 g/mol. The SMILES string of the molecule is CC(=O)c1ccc(N=Cc2cc(C)n(-c3ccccn3)c2C)cc1. The Labute approximate surface area is 141 Å². The van der Waals surface area contributed by atoms with Crippen LogP contribution in [0.4, 0.5) is 5.69 Å². The molecule has 0 aliphatic carbocycles. The number of ketones is 1. The van der Waals surface area contributed by atoms with Gasteiger partial charge in [0, 0.05) is 34.9 Å². The van der Waals surface area contributed by atoms with Crippen molar-refractivity contribution < 1.29 is 4.79 Å². The number of nitrogens with zero attached hydrogens (tertiary/aromatic N) is 3. The van der Waals surface area contributed by atoms with Crippen molar-refractivity contribution in [2.75, 3.05) is 0 Å². The maximum absolute atomic E-state index is 11.3. The first kappa shape index (κ1) is 15.9. The Morgan fingerprint density at radius 2 is 1.88 bits per heavy atom. The number of carbonyl (C=O) groups is 1. The van der Waals surface area contributed by atoms with Crippen LogP contribution in [0.25, 0.3) is 5.82 Å². The minimum atomic E-state index is 0.0597. The summed E-state index contributed by atoms with van der Waals surface area (Å²) in [7, 11) is 0. The van der Waals surface area contributed by atoms with Gasteiger partial charge in [-0.1, -0.05) is 6.07 Å². The molecule has 24 heavy (non-hydrogen) atoms. The molecule has 0 aliphatic rings. The van der Waals surface area contributed by atoms with Crippen LogP contribution in [0, 0.1) is 13.8 Å². The number of benzene rings is 1. The van der Waals surface area contributed by atoms with Gasteiger partial charge in [0.2, 0.25) is 0 Å². The van der Waals surface area contributed by atoms with E-state index in [-0.39, 0.29) is 5.78 Å². The molecule has 3 aromatic rings. The highest BCUT2D eigenvalue weighted by Crippen LogP contribution is 2.19. The third-order valence-corrected chi connectivity index (χ3v) is 3.98. The minimum absolute atomic E-state index is 0.0597. The number of carbonyl (C=O) groups excluding carboxylic acids is 1. The van der Waals surface area contributed by atoms with E-state index in [2.05, 4.69) is 34.5 Å². The Hall–Kier alpha value is -3.01. The Bertz CT molecular complexity index is 891. The summed E-state index contributed by atoms with van der Waals surface area (Å²) >= 11 is 0. The maximum Gasteiger partial charge on any atom is 0.159 e. The van der Waals surface area contributed by atoms with Crippen LogP contribution in [0.15, 0.2) is 59.7 Å². The molecule has 0 unspecified atom stereocenters. The van der Waals surface area contributed by atoms with Crippen molar-refractivity contribution in [1.29, 1.82) is 0 Å². The summed E-state index contributed by atoms with van der Waals surface area (Å²) in [4.78, 5) is 20.2. The van der Waals surface area contributed by atoms with Gasteiger partial charge in [-0.2, -0.15) is 0 Å². The molecule has 0 saturated carbocycles. The molecule has 0 atom stereocenters. The van der Waals surface area contributed by atoms with Crippen LogP contribution in [0.1, 0.15) is 34.2 Å². The van der Waals surface area contributed by atoms with Gasteiger partial charge in [0.15, 0.2) is 5.78 Å². The van der Waals surface area contributed by atoms with Crippen molar-refractivity contribution in [2.45, 2.75) is 20.8 Å².